The second-order valence-electron chi connectivity index (χ2n) is 3.61. The highest BCUT2D eigenvalue weighted by Gasteiger charge is 2.78. The summed E-state index contributed by atoms with van der Waals surface area (Å²) in [6, 6.07) is 0. The molecule has 2 N–H and O–H groups in total. The van der Waals surface area contributed by atoms with Crippen LogP contribution < -0.4 is 0 Å². The maximum Gasteiger partial charge on any atom is 0.341 e. The highest BCUT2D eigenvalue weighted by Crippen LogP contribution is 2.51. The molecule has 0 aromatic heterocycles. The zero-order valence-electron chi connectivity index (χ0n) is 6.77. The van der Waals surface area contributed by atoms with Crippen LogP contribution in [0.3, 0.4) is 0 Å². The van der Waals surface area contributed by atoms with Crippen LogP contribution in [0.15, 0.2) is 0 Å². The number of ether oxygens (including phenoxy) is 2. The Labute approximate surface area is 68.9 Å². The molecule has 5 heteroatoms. The molecule has 0 unspecified atom stereocenters. The van der Waals surface area contributed by atoms with Gasteiger partial charge in [0.2, 0.25) is 5.60 Å². The lowest BCUT2D eigenvalue weighted by molar-refractivity contribution is -0.210. The summed E-state index contributed by atoms with van der Waals surface area (Å²) in [5, 5.41) is 17.9. The van der Waals surface area contributed by atoms with Crippen molar-refractivity contribution < 1.29 is 24.5 Å². The molecule has 0 spiro atoms. The first-order valence-corrected chi connectivity index (χ1v) is 3.69. The fourth-order valence-electron chi connectivity index (χ4n) is 1.50. The van der Waals surface area contributed by atoms with Crippen molar-refractivity contribution in [1.82, 2.24) is 0 Å². The van der Waals surface area contributed by atoms with E-state index in [4.69, 9.17) is 14.6 Å². The number of rotatable bonds is 1. The molecule has 68 valence electrons. The van der Waals surface area contributed by atoms with E-state index in [9.17, 15) is 9.90 Å². The van der Waals surface area contributed by atoms with Crippen molar-refractivity contribution in [2.45, 2.75) is 37.4 Å². The highest BCUT2D eigenvalue weighted by molar-refractivity contribution is 5.84. The van der Waals surface area contributed by atoms with Crippen LogP contribution in [0.5, 0.6) is 0 Å². The van der Waals surface area contributed by atoms with E-state index in [1.54, 1.807) is 13.8 Å². The van der Waals surface area contributed by atoms with Gasteiger partial charge in [0.15, 0.2) is 5.79 Å². The molecule has 1 saturated carbocycles. The molecule has 2 atom stereocenters. The van der Waals surface area contributed by atoms with Crippen LogP contribution in [-0.4, -0.2) is 39.8 Å². The summed E-state index contributed by atoms with van der Waals surface area (Å²) in [6.45, 7) is 3.36. The molecule has 1 aliphatic carbocycles. The second kappa shape index (κ2) is 1.81. The van der Waals surface area contributed by atoms with E-state index in [1.807, 2.05) is 0 Å². The Balaban J connectivity index is 2.13. The first-order chi connectivity index (χ1) is 5.38. The monoisotopic (exact) mass is 174 g/mol. The fraction of sp³-hybridized carbons (Fsp3) is 0.857. The predicted molar refractivity (Wildman–Crippen MR) is 36.4 cm³/mol. The largest absolute Gasteiger partial charge is 0.479 e. The first kappa shape index (κ1) is 7.97. The van der Waals surface area contributed by atoms with Crippen molar-refractivity contribution in [3.63, 3.8) is 0 Å². The van der Waals surface area contributed by atoms with E-state index in [0.29, 0.717) is 0 Å². The Hall–Kier alpha value is -0.650. The number of aliphatic hydroxyl groups is 1. The van der Waals surface area contributed by atoms with Gasteiger partial charge in [0.05, 0.1) is 0 Å². The molecule has 2 rings (SSSR count). The third kappa shape index (κ3) is 0.757. The molecule has 0 amide bonds. The topological polar surface area (TPSA) is 76.0 Å². The van der Waals surface area contributed by atoms with E-state index in [1.165, 1.54) is 0 Å². The molecule has 1 saturated heterocycles. The number of hydrogen-bond acceptors (Lipinski definition) is 4. The number of hydrogen-bond donors (Lipinski definition) is 2. The van der Waals surface area contributed by atoms with Gasteiger partial charge in [-0.2, -0.15) is 0 Å². The quantitative estimate of drug-likeness (QED) is 0.551. The van der Waals surface area contributed by atoms with Crippen LogP contribution in [0, 0.1) is 0 Å². The van der Waals surface area contributed by atoms with Crippen molar-refractivity contribution in [1.29, 1.82) is 0 Å². The molecule has 1 aliphatic heterocycles. The Morgan fingerprint density at radius 1 is 1.33 bits per heavy atom. The lowest BCUT2D eigenvalue weighted by atomic mass is 10.3. The number of carboxylic acid groups (broad SMARTS) is 1. The third-order valence-corrected chi connectivity index (χ3v) is 2.20. The Morgan fingerprint density at radius 3 is 2.08 bits per heavy atom. The van der Waals surface area contributed by atoms with Gasteiger partial charge in [0.25, 0.3) is 0 Å². The number of carboxylic acids is 1. The van der Waals surface area contributed by atoms with Gasteiger partial charge < -0.3 is 19.7 Å². The number of aliphatic carboxylic acids is 1. The molecule has 0 bridgehead atoms. The van der Waals surface area contributed by atoms with Gasteiger partial charge in [-0.15, -0.1) is 0 Å². The third-order valence-electron chi connectivity index (χ3n) is 2.20. The lowest BCUT2D eigenvalue weighted by Crippen LogP contribution is -2.38. The molecule has 5 nitrogen and oxygen atoms in total. The van der Waals surface area contributed by atoms with Crippen LogP contribution in [0.2, 0.25) is 0 Å². The molecule has 0 aromatic carbocycles. The van der Waals surface area contributed by atoms with E-state index in [-0.39, 0.29) is 0 Å². The normalized spacial score (nSPS) is 48.6. The summed E-state index contributed by atoms with van der Waals surface area (Å²) in [4.78, 5) is 10.5. The molecule has 0 radical (unpaired) electrons. The van der Waals surface area contributed by atoms with Gasteiger partial charge in [-0.3, -0.25) is 0 Å². The van der Waals surface area contributed by atoms with Gasteiger partial charge in [-0.1, -0.05) is 0 Å². The highest BCUT2D eigenvalue weighted by atomic mass is 16.8. The Morgan fingerprint density at radius 2 is 1.75 bits per heavy atom. The molecule has 2 fully saturated rings. The summed E-state index contributed by atoms with van der Waals surface area (Å²) < 4.78 is 10.3. The Kier molecular flexibility index (Phi) is 1.20. The second-order valence-corrected chi connectivity index (χ2v) is 3.61. The van der Waals surface area contributed by atoms with E-state index >= 15 is 0 Å². The maximum absolute atomic E-state index is 10.5. The average molecular weight is 174 g/mol. The minimum absolute atomic E-state index is 0.704. The summed E-state index contributed by atoms with van der Waals surface area (Å²) >= 11 is 0. The smallest absolute Gasteiger partial charge is 0.341 e. The van der Waals surface area contributed by atoms with Crippen LogP contribution in [0.4, 0.5) is 0 Å². The summed E-state index contributed by atoms with van der Waals surface area (Å²) in [7, 11) is 0. The van der Waals surface area contributed by atoms with Gasteiger partial charge in [-0.25, -0.2) is 4.79 Å². The van der Waals surface area contributed by atoms with E-state index in [0.717, 1.165) is 0 Å². The summed E-state index contributed by atoms with van der Waals surface area (Å²) in [6.07, 6.45) is -1.41. The molecule has 2 aliphatic rings. The van der Waals surface area contributed by atoms with Crippen molar-refractivity contribution in [3.05, 3.63) is 0 Å². The van der Waals surface area contributed by atoms with E-state index in [2.05, 4.69) is 0 Å². The van der Waals surface area contributed by atoms with Crippen molar-refractivity contribution >= 4 is 5.97 Å². The van der Waals surface area contributed by atoms with Crippen molar-refractivity contribution in [2.24, 2.45) is 0 Å². The lowest BCUT2D eigenvalue weighted by Gasteiger charge is -2.22. The fourth-order valence-corrected chi connectivity index (χ4v) is 1.50. The predicted octanol–water partition coefficient (Wildman–Crippen LogP) is -0.664. The first-order valence-electron chi connectivity index (χ1n) is 3.69. The number of fused-ring (bicyclic) bond motifs is 1. The molecule has 1 heterocycles. The molecule has 0 aromatic rings. The number of carbonyl (C=O) groups is 1. The summed E-state index contributed by atoms with van der Waals surface area (Å²) in [5.41, 5.74) is -1.81. The van der Waals surface area contributed by atoms with Crippen LogP contribution >= 0.6 is 0 Å². The maximum atomic E-state index is 10.5. The van der Waals surface area contributed by atoms with Crippen LogP contribution in [0.1, 0.15) is 13.8 Å². The van der Waals surface area contributed by atoms with Crippen LogP contribution in [0.25, 0.3) is 0 Å². The SMILES string of the molecule is CC1(C)O[C@H]2[C@H](O1)C2(O)C(=O)O. The molecular formula is C7H10O5. The summed E-state index contributed by atoms with van der Waals surface area (Å²) in [5.74, 6) is -2.05. The van der Waals surface area contributed by atoms with Gasteiger partial charge in [0, 0.05) is 0 Å². The van der Waals surface area contributed by atoms with Crippen molar-refractivity contribution in [3.8, 4) is 0 Å². The van der Waals surface area contributed by atoms with Gasteiger partial charge in [0.1, 0.15) is 12.2 Å². The Bertz CT molecular complexity index is 232. The van der Waals surface area contributed by atoms with E-state index < -0.39 is 29.6 Å². The minimum atomic E-state index is -1.81. The van der Waals surface area contributed by atoms with Gasteiger partial charge >= 0.3 is 5.97 Å². The van der Waals surface area contributed by atoms with Crippen molar-refractivity contribution in [2.75, 3.05) is 0 Å². The standard InChI is InChI=1S/C7H10O5/c1-6(2)11-3-4(12-6)7(3,10)5(8)9/h3-4,10H,1-2H3,(H,8,9)/t3-,4-/m0/s1. The molecular weight excluding hydrogens is 164 g/mol. The van der Waals surface area contributed by atoms with Crippen LogP contribution in [-0.2, 0) is 14.3 Å². The zero-order valence-corrected chi connectivity index (χ0v) is 6.77. The average Bonchev–Trinajstić information content (AvgIpc) is 2.38. The minimum Gasteiger partial charge on any atom is -0.479 e. The van der Waals surface area contributed by atoms with Gasteiger partial charge in [-0.05, 0) is 13.8 Å². The zero-order chi connectivity index (χ0) is 9.15. The molecule has 12 heavy (non-hydrogen) atoms.